The number of rotatable bonds is 4. The Morgan fingerprint density at radius 3 is 2.19 bits per heavy atom. The van der Waals surface area contributed by atoms with Gasteiger partial charge in [0.05, 0.1) is 5.41 Å². The third kappa shape index (κ3) is 3.09. The van der Waals surface area contributed by atoms with E-state index in [0.29, 0.717) is 12.8 Å². The van der Waals surface area contributed by atoms with Gasteiger partial charge < -0.3 is 10.4 Å². The van der Waals surface area contributed by atoms with Crippen molar-refractivity contribution in [1.29, 1.82) is 0 Å². The summed E-state index contributed by atoms with van der Waals surface area (Å²) in [7, 11) is 0. The van der Waals surface area contributed by atoms with Gasteiger partial charge in [-0.1, -0.05) is 49.6 Å². The van der Waals surface area contributed by atoms with Crippen LogP contribution in [0.1, 0.15) is 51.5 Å². The molecule has 0 radical (unpaired) electrons. The summed E-state index contributed by atoms with van der Waals surface area (Å²) < 4.78 is 0. The highest BCUT2D eigenvalue weighted by molar-refractivity contribution is 5.92. The standard InChI is InChI=1S/C17H23NO3/c1-16(2,13-9-5-3-6-10-13)14(19)18-17(15(20)21)11-7-4-8-12-17/h3,5-6,9-10H,4,7-8,11-12H2,1-2H3,(H,18,19)(H,20,21). The first-order chi connectivity index (χ1) is 9.88. The Bertz CT molecular complexity index is 516. The van der Waals surface area contributed by atoms with E-state index in [9.17, 15) is 14.7 Å². The van der Waals surface area contributed by atoms with Gasteiger partial charge in [0.1, 0.15) is 5.54 Å². The molecule has 4 heteroatoms. The van der Waals surface area contributed by atoms with Crippen molar-refractivity contribution in [3.63, 3.8) is 0 Å². The lowest BCUT2D eigenvalue weighted by Gasteiger charge is -2.37. The molecule has 0 aliphatic heterocycles. The number of hydrogen-bond donors (Lipinski definition) is 2. The van der Waals surface area contributed by atoms with E-state index in [4.69, 9.17) is 0 Å². The van der Waals surface area contributed by atoms with Crippen LogP contribution >= 0.6 is 0 Å². The Morgan fingerprint density at radius 1 is 1.10 bits per heavy atom. The molecule has 0 spiro atoms. The highest BCUT2D eigenvalue weighted by Gasteiger charge is 2.44. The number of carbonyl (C=O) groups excluding carboxylic acids is 1. The van der Waals surface area contributed by atoms with E-state index >= 15 is 0 Å². The van der Waals surface area contributed by atoms with Crippen LogP contribution in [0.5, 0.6) is 0 Å². The Kier molecular flexibility index (Phi) is 4.35. The van der Waals surface area contributed by atoms with Crippen LogP contribution in [0.15, 0.2) is 30.3 Å². The van der Waals surface area contributed by atoms with Gasteiger partial charge in [0.25, 0.3) is 0 Å². The van der Waals surface area contributed by atoms with Crippen molar-refractivity contribution >= 4 is 11.9 Å². The first kappa shape index (κ1) is 15.5. The van der Waals surface area contributed by atoms with E-state index in [1.54, 1.807) is 0 Å². The molecule has 1 aliphatic rings. The maximum absolute atomic E-state index is 12.7. The summed E-state index contributed by atoms with van der Waals surface area (Å²) in [6.07, 6.45) is 3.75. The van der Waals surface area contributed by atoms with Gasteiger partial charge in [-0.15, -0.1) is 0 Å². The molecule has 4 nitrogen and oxygen atoms in total. The molecule has 0 saturated heterocycles. The minimum absolute atomic E-state index is 0.224. The highest BCUT2D eigenvalue weighted by Crippen LogP contribution is 2.31. The second-order valence-corrected chi connectivity index (χ2v) is 6.39. The van der Waals surface area contributed by atoms with E-state index in [1.165, 1.54) is 0 Å². The van der Waals surface area contributed by atoms with Crippen LogP contribution in [-0.2, 0) is 15.0 Å². The topological polar surface area (TPSA) is 66.4 Å². The fourth-order valence-corrected chi connectivity index (χ4v) is 2.91. The Labute approximate surface area is 125 Å². The zero-order valence-corrected chi connectivity index (χ0v) is 12.7. The lowest BCUT2D eigenvalue weighted by molar-refractivity contribution is -0.150. The summed E-state index contributed by atoms with van der Waals surface area (Å²) in [4.78, 5) is 24.3. The zero-order valence-electron chi connectivity index (χ0n) is 12.7. The first-order valence-electron chi connectivity index (χ1n) is 7.50. The molecule has 0 atom stereocenters. The number of aliphatic carboxylic acids is 1. The van der Waals surface area contributed by atoms with Crippen molar-refractivity contribution in [2.45, 2.75) is 56.9 Å². The lowest BCUT2D eigenvalue weighted by Crippen LogP contribution is -2.59. The fraction of sp³-hybridized carbons (Fsp3) is 0.529. The monoisotopic (exact) mass is 289 g/mol. The minimum Gasteiger partial charge on any atom is -0.480 e. The van der Waals surface area contributed by atoms with Crippen LogP contribution in [0, 0.1) is 0 Å². The van der Waals surface area contributed by atoms with Gasteiger partial charge in [0, 0.05) is 0 Å². The molecule has 114 valence electrons. The SMILES string of the molecule is CC(C)(C(=O)NC1(C(=O)O)CCCCC1)c1ccccc1. The molecular formula is C17H23NO3. The van der Waals surface area contributed by atoms with E-state index < -0.39 is 16.9 Å². The maximum atomic E-state index is 12.7. The van der Waals surface area contributed by atoms with Crippen LogP contribution in [0.4, 0.5) is 0 Å². The van der Waals surface area contributed by atoms with Crippen molar-refractivity contribution < 1.29 is 14.7 Å². The van der Waals surface area contributed by atoms with E-state index in [0.717, 1.165) is 24.8 Å². The number of carboxylic acids is 1. The number of carbonyl (C=O) groups is 2. The summed E-state index contributed by atoms with van der Waals surface area (Å²) in [5, 5.41) is 12.4. The third-order valence-corrected chi connectivity index (χ3v) is 4.53. The van der Waals surface area contributed by atoms with Gasteiger partial charge in [0.2, 0.25) is 5.91 Å². The number of hydrogen-bond acceptors (Lipinski definition) is 2. The molecule has 0 unspecified atom stereocenters. The molecule has 2 rings (SSSR count). The van der Waals surface area contributed by atoms with E-state index in [1.807, 2.05) is 44.2 Å². The summed E-state index contributed by atoms with van der Waals surface area (Å²) in [5.41, 5.74) is -0.957. The van der Waals surface area contributed by atoms with Gasteiger partial charge in [-0.05, 0) is 32.3 Å². The number of amides is 1. The van der Waals surface area contributed by atoms with Crippen molar-refractivity contribution in [2.75, 3.05) is 0 Å². The smallest absolute Gasteiger partial charge is 0.329 e. The van der Waals surface area contributed by atoms with Gasteiger partial charge in [-0.25, -0.2) is 4.79 Å². The molecule has 1 amide bonds. The maximum Gasteiger partial charge on any atom is 0.329 e. The molecular weight excluding hydrogens is 266 g/mol. The summed E-state index contributed by atoms with van der Waals surface area (Å²) in [5.74, 6) is -1.14. The van der Waals surface area contributed by atoms with Gasteiger partial charge in [0.15, 0.2) is 0 Å². The second-order valence-electron chi connectivity index (χ2n) is 6.39. The number of nitrogens with one attached hydrogen (secondary N) is 1. The minimum atomic E-state index is -1.10. The Balaban J connectivity index is 2.21. The average Bonchev–Trinajstić information content (AvgIpc) is 2.49. The molecule has 1 aromatic carbocycles. The van der Waals surface area contributed by atoms with Crippen LogP contribution in [-0.4, -0.2) is 22.5 Å². The molecule has 1 fully saturated rings. The van der Waals surface area contributed by atoms with Crippen molar-refractivity contribution in [2.24, 2.45) is 0 Å². The lowest BCUT2D eigenvalue weighted by atomic mass is 9.78. The molecule has 1 saturated carbocycles. The van der Waals surface area contributed by atoms with Gasteiger partial charge >= 0.3 is 5.97 Å². The van der Waals surface area contributed by atoms with Crippen LogP contribution in [0.3, 0.4) is 0 Å². The molecule has 2 N–H and O–H groups in total. The quantitative estimate of drug-likeness (QED) is 0.895. The molecule has 21 heavy (non-hydrogen) atoms. The first-order valence-corrected chi connectivity index (χ1v) is 7.50. The van der Waals surface area contributed by atoms with Crippen LogP contribution in [0.25, 0.3) is 0 Å². The summed E-state index contributed by atoms with van der Waals surface area (Å²) in [6, 6.07) is 9.47. The fourth-order valence-electron chi connectivity index (χ4n) is 2.91. The third-order valence-electron chi connectivity index (χ3n) is 4.53. The zero-order chi connectivity index (χ0) is 15.5. The van der Waals surface area contributed by atoms with Gasteiger partial charge in [-0.3, -0.25) is 4.79 Å². The molecule has 0 aromatic heterocycles. The number of benzene rings is 1. The second kappa shape index (κ2) is 5.88. The molecule has 1 aliphatic carbocycles. The van der Waals surface area contributed by atoms with Crippen molar-refractivity contribution in [3.05, 3.63) is 35.9 Å². The van der Waals surface area contributed by atoms with Crippen molar-refractivity contribution in [3.8, 4) is 0 Å². The van der Waals surface area contributed by atoms with Crippen LogP contribution < -0.4 is 5.32 Å². The molecule has 0 bridgehead atoms. The predicted octanol–water partition coefficient (Wildman–Crippen LogP) is 2.87. The van der Waals surface area contributed by atoms with E-state index in [2.05, 4.69) is 5.32 Å². The normalized spacial score (nSPS) is 18.0. The Morgan fingerprint density at radius 2 is 1.67 bits per heavy atom. The highest BCUT2D eigenvalue weighted by atomic mass is 16.4. The predicted molar refractivity (Wildman–Crippen MR) is 81.1 cm³/mol. The largest absolute Gasteiger partial charge is 0.480 e. The van der Waals surface area contributed by atoms with Gasteiger partial charge in [-0.2, -0.15) is 0 Å². The van der Waals surface area contributed by atoms with Crippen molar-refractivity contribution in [1.82, 2.24) is 5.32 Å². The Hall–Kier alpha value is -1.84. The summed E-state index contributed by atoms with van der Waals surface area (Å²) in [6.45, 7) is 3.66. The van der Waals surface area contributed by atoms with Crippen LogP contribution in [0.2, 0.25) is 0 Å². The number of carboxylic acid groups (broad SMARTS) is 1. The molecule has 0 heterocycles. The molecule has 1 aromatic rings. The van der Waals surface area contributed by atoms with E-state index in [-0.39, 0.29) is 5.91 Å². The summed E-state index contributed by atoms with van der Waals surface area (Å²) >= 11 is 0. The average molecular weight is 289 g/mol.